The SMILES string of the molecule is COc1ccc2nc(Nc3ccc(F)c(Cl)c3)[nH]c2c1. The Balaban J connectivity index is 1.92. The van der Waals surface area contributed by atoms with Crippen molar-refractivity contribution in [2.45, 2.75) is 0 Å². The van der Waals surface area contributed by atoms with E-state index in [1.807, 2.05) is 18.2 Å². The molecule has 0 aliphatic heterocycles. The molecule has 0 amide bonds. The lowest BCUT2D eigenvalue weighted by molar-refractivity contribution is 0.415. The van der Waals surface area contributed by atoms with Crippen molar-refractivity contribution >= 4 is 34.3 Å². The molecule has 1 heterocycles. The second-order valence-corrected chi connectivity index (χ2v) is 4.63. The molecular formula is C14H11ClFN3O. The largest absolute Gasteiger partial charge is 0.497 e. The summed E-state index contributed by atoms with van der Waals surface area (Å²) in [5.74, 6) is 0.847. The smallest absolute Gasteiger partial charge is 0.205 e. The maximum absolute atomic E-state index is 13.1. The molecule has 0 radical (unpaired) electrons. The van der Waals surface area contributed by atoms with Crippen molar-refractivity contribution < 1.29 is 9.13 Å². The lowest BCUT2D eigenvalue weighted by atomic mass is 10.3. The zero-order valence-corrected chi connectivity index (χ0v) is 11.3. The van der Waals surface area contributed by atoms with Crippen molar-refractivity contribution in [1.82, 2.24) is 9.97 Å². The van der Waals surface area contributed by atoms with Crippen molar-refractivity contribution in [3.8, 4) is 5.75 Å². The number of hydrogen-bond acceptors (Lipinski definition) is 3. The van der Waals surface area contributed by atoms with E-state index in [1.165, 1.54) is 12.1 Å². The standard InChI is InChI=1S/C14H11ClFN3O/c1-20-9-3-5-12-13(7-9)19-14(18-12)17-8-2-4-11(16)10(15)6-8/h2-7H,1H3,(H2,17,18,19). The summed E-state index contributed by atoms with van der Waals surface area (Å²) in [4.78, 5) is 7.49. The summed E-state index contributed by atoms with van der Waals surface area (Å²) in [6, 6.07) is 9.94. The van der Waals surface area contributed by atoms with Crippen molar-refractivity contribution in [2.24, 2.45) is 0 Å². The fraction of sp³-hybridized carbons (Fsp3) is 0.0714. The van der Waals surface area contributed by atoms with E-state index < -0.39 is 5.82 Å². The number of anilines is 2. The molecule has 0 bridgehead atoms. The Morgan fingerprint density at radius 1 is 1.25 bits per heavy atom. The van der Waals surface area contributed by atoms with Gasteiger partial charge in [-0.3, -0.25) is 0 Å². The van der Waals surface area contributed by atoms with Crippen LogP contribution in [0.15, 0.2) is 36.4 Å². The molecule has 3 rings (SSSR count). The third-order valence-corrected chi connectivity index (χ3v) is 3.16. The van der Waals surface area contributed by atoms with Gasteiger partial charge in [-0.2, -0.15) is 0 Å². The van der Waals surface area contributed by atoms with Crippen LogP contribution in [0.2, 0.25) is 5.02 Å². The molecule has 0 aliphatic rings. The van der Waals surface area contributed by atoms with Crippen molar-refractivity contribution in [3.05, 3.63) is 47.2 Å². The number of hydrogen-bond donors (Lipinski definition) is 2. The number of nitrogens with one attached hydrogen (secondary N) is 2. The summed E-state index contributed by atoms with van der Waals surface area (Å²) >= 11 is 5.74. The number of aromatic amines is 1. The molecule has 0 unspecified atom stereocenters. The van der Waals surface area contributed by atoms with Gasteiger partial charge >= 0.3 is 0 Å². The van der Waals surface area contributed by atoms with Gasteiger partial charge in [0.1, 0.15) is 11.6 Å². The average Bonchev–Trinajstić information content (AvgIpc) is 2.84. The second-order valence-electron chi connectivity index (χ2n) is 4.22. The fourth-order valence-electron chi connectivity index (χ4n) is 1.89. The molecule has 2 N–H and O–H groups in total. The third-order valence-electron chi connectivity index (χ3n) is 2.87. The van der Waals surface area contributed by atoms with Gasteiger partial charge in [0.15, 0.2) is 0 Å². The number of rotatable bonds is 3. The fourth-order valence-corrected chi connectivity index (χ4v) is 2.07. The van der Waals surface area contributed by atoms with Crippen LogP contribution in [0.25, 0.3) is 11.0 Å². The first-order chi connectivity index (χ1) is 9.65. The van der Waals surface area contributed by atoms with Gasteiger partial charge in [-0.15, -0.1) is 0 Å². The van der Waals surface area contributed by atoms with Crippen molar-refractivity contribution in [2.75, 3.05) is 12.4 Å². The summed E-state index contributed by atoms with van der Waals surface area (Å²) in [6.45, 7) is 0. The number of benzene rings is 2. The number of ether oxygens (including phenoxy) is 1. The van der Waals surface area contributed by atoms with Crippen molar-refractivity contribution in [1.29, 1.82) is 0 Å². The zero-order valence-electron chi connectivity index (χ0n) is 10.6. The first-order valence-electron chi connectivity index (χ1n) is 5.91. The van der Waals surface area contributed by atoms with Gasteiger partial charge in [-0.05, 0) is 30.3 Å². The van der Waals surface area contributed by atoms with Crippen LogP contribution < -0.4 is 10.1 Å². The Labute approximate surface area is 119 Å². The van der Waals surface area contributed by atoms with Gasteiger partial charge < -0.3 is 15.0 Å². The Bertz CT molecular complexity index is 772. The number of halogens is 2. The average molecular weight is 292 g/mol. The molecule has 6 heteroatoms. The van der Waals surface area contributed by atoms with Crippen LogP contribution in [0.1, 0.15) is 0 Å². The number of imidazole rings is 1. The van der Waals surface area contributed by atoms with E-state index in [-0.39, 0.29) is 5.02 Å². The Hall–Kier alpha value is -2.27. The molecule has 1 aromatic heterocycles. The van der Waals surface area contributed by atoms with Crippen LogP contribution >= 0.6 is 11.6 Å². The molecule has 3 aromatic rings. The molecule has 2 aromatic carbocycles. The number of methoxy groups -OCH3 is 1. The molecular weight excluding hydrogens is 281 g/mol. The minimum atomic E-state index is -0.452. The summed E-state index contributed by atoms with van der Waals surface area (Å²) in [7, 11) is 1.61. The number of nitrogens with zero attached hydrogens (tertiary/aromatic N) is 1. The van der Waals surface area contributed by atoms with Gasteiger partial charge in [0.05, 0.1) is 23.2 Å². The first-order valence-corrected chi connectivity index (χ1v) is 6.29. The molecule has 102 valence electrons. The molecule has 0 saturated carbocycles. The van der Waals surface area contributed by atoms with E-state index >= 15 is 0 Å². The Kier molecular flexibility index (Phi) is 3.20. The molecule has 0 fully saturated rings. The second kappa shape index (κ2) is 5.02. The number of H-pyrrole nitrogens is 1. The molecule has 4 nitrogen and oxygen atoms in total. The third kappa shape index (κ3) is 2.40. The van der Waals surface area contributed by atoms with E-state index in [0.29, 0.717) is 11.6 Å². The highest BCUT2D eigenvalue weighted by atomic mass is 35.5. The summed E-state index contributed by atoms with van der Waals surface area (Å²) in [6.07, 6.45) is 0. The van der Waals surface area contributed by atoms with E-state index in [1.54, 1.807) is 13.2 Å². The van der Waals surface area contributed by atoms with Crippen LogP contribution in [-0.4, -0.2) is 17.1 Å². The monoisotopic (exact) mass is 291 g/mol. The van der Waals surface area contributed by atoms with Gasteiger partial charge in [0, 0.05) is 11.8 Å². The molecule has 20 heavy (non-hydrogen) atoms. The molecule has 0 aliphatic carbocycles. The minimum absolute atomic E-state index is 0.0628. The highest BCUT2D eigenvalue weighted by Gasteiger charge is 2.06. The summed E-state index contributed by atoms with van der Waals surface area (Å²) in [5.41, 5.74) is 2.31. The number of aromatic nitrogens is 2. The highest BCUT2D eigenvalue weighted by Crippen LogP contribution is 2.24. The maximum Gasteiger partial charge on any atom is 0.205 e. The van der Waals surface area contributed by atoms with E-state index in [0.717, 1.165) is 16.8 Å². The predicted molar refractivity (Wildman–Crippen MR) is 77.3 cm³/mol. The van der Waals surface area contributed by atoms with Crippen LogP contribution in [0.4, 0.5) is 16.0 Å². The normalized spacial score (nSPS) is 10.8. The highest BCUT2D eigenvalue weighted by molar-refractivity contribution is 6.31. The number of fused-ring (bicyclic) bond motifs is 1. The lowest BCUT2D eigenvalue weighted by Gasteiger charge is -2.03. The minimum Gasteiger partial charge on any atom is -0.497 e. The van der Waals surface area contributed by atoms with Gasteiger partial charge in [-0.1, -0.05) is 11.6 Å². The van der Waals surface area contributed by atoms with E-state index in [2.05, 4.69) is 15.3 Å². The van der Waals surface area contributed by atoms with Gasteiger partial charge in [0.25, 0.3) is 0 Å². The van der Waals surface area contributed by atoms with Crippen LogP contribution in [0, 0.1) is 5.82 Å². The van der Waals surface area contributed by atoms with Crippen molar-refractivity contribution in [3.63, 3.8) is 0 Å². The summed E-state index contributed by atoms with van der Waals surface area (Å²) in [5, 5.41) is 3.10. The predicted octanol–water partition coefficient (Wildman–Crippen LogP) is 4.11. The topological polar surface area (TPSA) is 49.9 Å². The quantitative estimate of drug-likeness (QED) is 0.763. The first kappa shape index (κ1) is 12.7. The van der Waals surface area contributed by atoms with E-state index in [4.69, 9.17) is 16.3 Å². The van der Waals surface area contributed by atoms with Gasteiger partial charge in [0.2, 0.25) is 5.95 Å². The molecule has 0 spiro atoms. The zero-order chi connectivity index (χ0) is 14.1. The van der Waals surface area contributed by atoms with E-state index in [9.17, 15) is 4.39 Å². The van der Waals surface area contributed by atoms with Crippen LogP contribution in [0.3, 0.4) is 0 Å². The molecule has 0 atom stereocenters. The maximum atomic E-state index is 13.1. The Morgan fingerprint density at radius 2 is 2.10 bits per heavy atom. The van der Waals surface area contributed by atoms with Gasteiger partial charge in [-0.25, -0.2) is 9.37 Å². The van der Waals surface area contributed by atoms with Crippen LogP contribution in [-0.2, 0) is 0 Å². The Morgan fingerprint density at radius 3 is 2.85 bits per heavy atom. The van der Waals surface area contributed by atoms with Crippen LogP contribution in [0.5, 0.6) is 5.75 Å². The lowest BCUT2D eigenvalue weighted by Crippen LogP contribution is -1.92. The molecule has 0 saturated heterocycles. The summed E-state index contributed by atoms with van der Waals surface area (Å²) < 4.78 is 18.2.